The minimum atomic E-state index is -0.506. The maximum absolute atomic E-state index is 12.1. The molecule has 1 aromatic carbocycles. The molecule has 2 aromatic rings. The number of nitrogens with zero attached hydrogens (tertiary/aromatic N) is 3. The Morgan fingerprint density at radius 2 is 2.27 bits per heavy atom. The number of nitro benzene ring substituents is 1. The predicted octanol–water partition coefficient (Wildman–Crippen LogP) is 3.40. The maximum Gasteiger partial charge on any atom is 0.410 e. The first-order chi connectivity index (χ1) is 12.2. The molecule has 0 unspecified atom stereocenters. The average molecular weight is 362 g/mol. The molecular formula is C17H22N4O5. The van der Waals surface area contributed by atoms with Crippen LogP contribution >= 0.6 is 0 Å². The van der Waals surface area contributed by atoms with Crippen LogP contribution in [-0.2, 0) is 4.74 Å². The summed E-state index contributed by atoms with van der Waals surface area (Å²) in [6.07, 6.45) is 0.562. The van der Waals surface area contributed by atoms with Gasteiger partial charge < -0.3 is 19.4 Å². The second kappa shape index (κ2) is 6.81. The number of nitrogens with one attached hydrogen (secondary N) is 1. The average Bonchev–Trinajstić information content (AvgIpc) is 3.17. The Hall–Kier alpha value is -2.84. The fourth-order valence-electron chi connectivity index (χ4n) is 2.83. The smallest absolute Gasteiger partial charge is 0.410 e. The van der Waals surface area contributed by atoms with Crippen LogP contribution in [0.1, 0.15) is 27.2 Å². The highest BCUT2D eigenvalue weighted by Crippen LogP contribution is 2.25. The van der Waals surface area contributed by atoms with Crippen LogP contribution < -0.4 is 5.32 Å². The Kier molecular flexibility index (Phi) is 4.71. The van der Waals surface area contributed by atoms with Gasteiger partial charge >= 0.3 is 6.09 Å². The first-order valence-electron chi connectivity index (χ1n) is 8.48. The Balaban J connectivity index is 1.56. The third-order valence-electron chi connectivity index (χ3n) is 4.06. The zero-order chi connectivity index (χ0) is 18.9. The van der Waals surface area contributed by atoms with Gasteiger partial charge in [-0.2, -0.15) is 4.98 Å². The zero-order valence-electron chi connectivity index (χ0n) is 15.0. The Morgan fingerprint density at radius 3 is 2.96 bits per heavy atom. The summed E-state index contributed by atoms with van der Waals surface area (Å²) in [4.78, 5) is 28.4. The summed E-state index contributed by atoms with van der Waals surface area (Å²) in [6.45, 7) is 7.38. The number of aromatic nitrogens is 1. The van der Waals surface area contributed by atoms with Gasteiger partial charge in [-0.3, -0.25) is 10.1 Å². The van der Waals surface area contributed by atoms with Gasteiger partial charge in [0.25, 0.3) is 11.7 Å². The number of non-ortho nitro benzene ring substituents is 1. The highest BCUT2D eigenvalue weighted by Gasteiger charge is 2.29. The number of rotatable bonds is 4. The standard InChI is InChI=1S/C17H22N4O5/c1-17(2,3)26-16(22)20-7-6-11(10-20)9-18-15-19-13-8-12(21(23)24)4-5-14(13)25-15/h4-5,8,11H,6-7,9-10H2,1-3H3,(H,18,19)/t11-/m0/s1. The number of benzene rings is 1. The van der Waals surface area contributed by atoms with Crippen molar-refractivity contribution in [2.45, 2.75) is 32.8 Å². The SMILES string of the molecule is CC(C)(C)OC(=O)N1CC[C@@H](CNc2nc3cc([N+](=O)[O-])ccc3o2)C1. The number of amides is 1. The number of likely N-dealkylation sites (tertiary alicyclic amines) is 1. The molecular weight excluding hydrogens is 340 g/mol. The van der Waals surface area contributed by atoms with E-state index in [1.54, 1.807) is 4.90 Å². The molecule has 2 heterocycles. The van der Waals surface area contributed by atoms with Crippen molar-refractivity contribution in [2.75, 3.05) is 25.0 Å². The van der Waals surface area contributed by atoms with Crippen LogP contribution in [0.5, 0.6) is 0 Å². The van der Waals surface area contributed by atoms with Gasteiger partial charge in [-0.15, -0.1) is 0 Å². The van der Waals surface area contributed by atoms with E-state index in [-0.39, 0.29) is 17.7 Å². The first kappa shape index (κ1) is 18.0. The van der Waals surface area contributed by atoms with Gasteiger partial charge in [0.2, 0.25) is 0 Å². The van der Waals surface area contributed by atoms with Crippen LogP contribution in [0.3, 0.4) is 0 Å². The van der Waals surface area contributed by atoms with Crippen LogP contribution in [0.4, 0.5) is 16.5 Å². The molecule has 0 bridgehead atoms. The normalized spacial score (nSPS) is 17.5. The maximum atomic E-state index is 12.1. The molecule has 1 fully saturated rings. The van der Waals surface area contributed by atoms with Crippen molar-refractivity contribution in [1.29, 1.82) is 0 Å². The number of oxazole rings is 1. The summed E-state index contributed by atoms with van der Waals surface area (Å²) in [5, 5.41) is 13.9. The summed E-state index contributed by atoms with van der Waals surface area (Å²) < 4.78 is 10.9. The van der Waals surface area contributed by atoms with E-state index in [0.29, 0.717) is 36.7 Å². The molecule has 1 aromatic heterocycles. The van der Waals surface area contributed by atoms with E-state index >= 15 is 0 Å². The molecule has 1 saturated heterocycles. The second-order valence-corrected chi connectivity index (χ2v) is 7.39. The molecule has 1 N–H and O–H groups in total. The third kappa shape index (κ3) is 4.22. The molecule has 140 valence electrons. The van der Waals surface area contributed by atoms with E-state index in [1.165, 1.54) is 18.2 Å². The van der Waals surface area contributed by atoms with Crippen LogP contribution in [0.25, 0.3) is 11.1 Å². The summed E-state index contributed by atoms with van der Waals surface area (Å²) in [5.74, 6) is 0.256. The number of carbonyl (C=O) groups is 1. The van der Waals surface area contributed by atoms with Gasteiger partial charge in [0.1, 0.15) is 11.1 Å². The van der Waals surface area contributed by atoms with Crippen LogP contribution in [-0.4, -0.2) is 46.1 Å². The lowest BCUT2D eigenvalue weighted by Crippen LogP contribution is -2.35. The summed E-state index contributed by atoms with van der Waals surface area (Å²) in [7, 11) is 0. The third-order valence-corrected chi connectivity index (χ3v) is 4.06. The molecule has 1 atom stereocenters. The Morgan fingerprint density at radius 1 is 1.50 bits per heavy atom. The zero-order valence-corrected chi connectivity index (χ0v) is 15.0. The molecule has 1 aliphatic heterocycles. The van der Waals surface area contributed by atoms with Crippen LogP contribution in [0, 0.1) is 16.0 Å². The largest absolute Gasteiger partial charge is 0.444 e. The Bertz CT molecular complexity index is 826. The van der Waals surface area contributed by atoms with E-state index in [9.17, 15) is 14.9 Å². The fraction of sp³-hybridized carbons (Fsp3) is 0.529. The number of anilines is 1. The quantitative estimate of drug-likeness (QED) is 0.655. The molecule has 0 aliphatic carbocycles. The summed E-state index contributed by atoms with van der Waals surface area (Å²) in [5.41, 5.74) is 0.387. The van der Waals surface area contributed by atoms with Gasteiger partial charge in [-0.05, 0) is 39.2 Å². The van der Waals surface area contributed by atoms with Crippen LogP contribution in [0.2, 0.25) is 0 Å². The van der Waals surface area contributed by atoms with E-state index in [2.05, 4.69) is 10.3 Å². The number of fused-ring (bicyclic) bond motifs is 1. The van der Waals surface area contributed by atoms with Gasteiger partial charge in [0.15, 0.2) is 5.58 Å². The lowest BCUT2D eigenvalue weighted by molar-refractivity contribution is -0.384. The molecule has 0 saturated carbocycles. The number of carbonyl (C=O) groups excluding carboxylic acids is 1. The molecule has 0 radical (unpaired) electrons. The van der Waals surface area contributed by atoms with Crippen molar-refractivity contribution in [2.24, 2.45) is 5.92 Å². The highest BCUT2D eigenvalue weighted by molar-refractivity contribution is 5.77. The summed E-state index contributed by atoms with van der Waals surface area (Å²) >= 11 is 0. The topological polar surface area (TPSA) is 111 Å². The van der Waals surface area contributed by atoms with Crippen molar-refractivity contribution < 1.29 is 18.9 Å². The predicted molar refractivity (Wildman–Crippen MR) is 95.1 cm³/mol. The lowest BCUT2D eigenvalue weighted by atomic mass is 10.1. The lowest BCUT2D eigenvalue weighted by Gasteiger charge is -2.24. The van der Waals surface area contributed by atoms with E-state index in [1.807, 2.05) is 20.8 Å². The van der Waals surface area contributed by atoms with Gasteiger partial charge in [0.05, 0.1) is 4.92 Å². The molecule has 0 spiro atoms. The fourth-order valence-corrected chi connectivity index (χ4v) is 2.83. The molecule has 1 aliphatic rings. The molecule has 9 heteroatoms. The van der Waals surface area contributed by atoms with E-state index in [4.69, 9.17) is 9.15 Å². The molecule has 9 nitrogen and oxygen atoms in total. The summed E-state index contributed by atoms with van der Waals surface area (Å²) in [6, 6.07) is 4.61. The molecule has 1 amide bonds. The van der Waals surface area contributed by atoms with Crippen molar-refractivity contribution in [3.63, 3.8) is 0 Å². The van der Waals surface area contributed by atoms with E-state index in [0.717, 1.165) is 6.42 Å². The van der Waals surface area contributed by atoms with Crippen molar-refractivity contribution >= 4 is 28.9 Å². The van der Waals surface area contributed by atoms with Crippen molar-refractivity contribution in [1.82, 2.24) is 9.88 Å². The van der Waals surface area contributed by atoms with Gasteiger partial charge in [0, 0.05) is 31.8 Å². The minimum Gasteiger partial charge on any atom is -0.444 e. The minimum absolute atomic E-state index is 0.0267. The van der Waals surface area contributed by atoms with Crippen molar-refractivity contribution in [3.05, 3.63) is 28.3 Å². The Labute approximate surface area is 150 Å². The van der Waals surface area contributed by atoms with E-state index < -0.39 is 10.5 Å². The number of nitro groups is 1. The number of ether oxygens (including phenoxy) is 1. The number of hydrogen-bond donors (Lipinski definition) is 1. The number of hydrogen-bond acceptors (Lipinski definition) is 7. The molecule has 3 rings (SSSR count). The molecule has 26 heavy (non-hydrogen) atoms. The monoisotopic (exact) mass is 362 g/mol. The highest BCUT2D eigenvalue weighted by atomic mass is 16.6. The van der Waals surface area contributed by atoms with Gasteiger partial charge in [-0.1, -0.05) is 0 Å². The van der Waals surface area contributed by atoms with Crippen molar-refractivity contribution in [3.8, 4) is 0 Å². The van der Waals surface area contributed by atoms with Crippen LogP contribution in [0.15, 0.2) is 22.6 Å². The first-order valence-corrected chi connectivity index (χ1v) is 8.48. The second-order valence-electron chi connectivity index (χ2n) is 7.39. The van der Waals surface area contributed by atoms with Gasteiger partial charge in [-0.25, -0.2) is 4.79 Å².